The van der Waals surface area contributed by atoms with E-state index in [1.54, 1.807) is 18.2 Å². The monoisotopic (exact) mass is 421 g/mol. The van der Waals surface area contributed by atoms with Gasteiger partial charge in [0.15, 0.2) is 0 Å². The average molecular weight is 422 g/mol. The molecule has 31 heavy (non-hydrogen) atoms. The van der Waals surface area contributed by atoms with Crippen molar-refractivity contribution < 1.29 is 14.3 Å². The zero-order valence-electron chi connectivity index (χ0n) is 18.1. The number of rotatable bonds is 5. The highest BCUT2D eigenvalue weighted by Gasteiger charge is 2.49. The van der Waals surface area contributed by atoms with Crippen LogP contribution >= 0.6 is 0 Å². The first-order valence-electron chi connectivity index (χ1n) is 10.6. The Labute approximate surface area is 180 Å². The number of benzene rings is 1. The molecule has 5 rings (SSSR count). The van der Waals surface area contributed by atoms with Gasteiger partial charge in [-0.05, 0) is 31.9 Å². The van der Waals surface area contributed by atoms with Crippen molar-refractivity contribution in [1.82, 2.24) is 24.6 Å². The molecule has 2 amide bonds. The van der Waals surface area contributed by atoms with Gasteiger partial charge in [0.2, 0.25) is 0 Å². The summed E-state index contributed by atoms with van der Waals surface area (Å²) in [5, 5.41) is 5.46. The molecule has 1 aliphatic heterocycles. The molecular formula is C23H27N5O3. The zero-order valence-corrected chi connectivity index (χ0v) is 18.1. The fourth-order valence-corrected chi connectivity index (χ4v) is 4.58. The Bertz CT molecular complexity index is 1130. The number of para-hydroxylation sites is 1. The van der Waals surface area contributed by atoms with Crippen LogP contribution in [0.4, 0.5) is 0 Å². The first-order chi connectivity index (χ1) is 14.9. The molecule has 3 aromatic rings. The second-order valence-corrected chi connectivity index (χ2v) is 8.76. The molecule has 1 atom stereocenters. The van der Waals surface area contributed by atoms with E-state index in [1.807, 2.05) is 53.9 Å². The predicted molar refractivity (Wildman–Crippen MR) is 116 cm³/mol. The molecule has 1 aromatic carbocycles. The van der Waals surface area contributed by atoms with Gasteiger partial charge in [-0.25, -0.2) is 0 Å². The molecule has 162 valence electrons. The molecule has 0 saturated heterocycles. The highest BCUT2D eigenvalue weighted by atomic mass is 16.5. The summed E-state index contributed by atoms with van der Waals surface area (Å²) < 4.78 is 7.19. The lowest BCUT2D eigenvalue weighted by molar-refractivity contribution is 0.0532. The molecule has 0 radical (unpaired) electrons. The smallest absolute Gasteiger partial charge is 0.270 e. The summed E-state index contributed by atoms with van der Waals surface area (Å²) >= 11 is 0. The van der Waals surface area contributed by atoms with Crippen molar-refractivity contribution in [3.63, 3.8) is 0 Å². The van der Waals surface area contributed by atoms with Crippen LogP contribution in [0.2, 0.25) is 0 Å². The molecule has 3 heterocycles. The molecule has 1 fully saturated rings. The molecule has 2 aliphatic rings. The molecule has 0 bridgehead atoms. The maximum absolute atomic E-state index is 13.3. The van der Waals surface area contributed by atoms with E-state index in [1.165, 1.54) is 0 Å². The van der Waals surface area contributed by atoms with Gasteiger partial charge in [0, 0.05) is 31.1 Å². The highest BCUT2D eigenvalue weighted by Crippen LogP contribution is 2.42. The van der Waals surface area contributed by atoms with E-state index >= 15 is 0 Å². The van der Waals surface area contributed by atoms with Gasteiger partial charge >= 0.3 is 0 Å². The number of hydrogen-bond acceptors (Lipinski definition) is 4. The number of ether oxygens (including phenoxy) is 1. The number of amides is 2. The van der Waals surface area contributed by atoms with Crippen molar-refractivity contribution in [3.8, 4) is 0 Å². The Kier molecular flexibility index (Phi) is 4.62. The van der Waals surface area contributed by atoms with E-state index in [9.17, 15) is 9.59 Å². The molecule has 1 saturated carbocycles. The summed E-state index contributed by atoms with van der Waals surface area (Å²) in [5.74, 6) is -0.135. The van der Waals surface area contributed by atoms with Gasteiger partial charge in [-0.15, -0.1) is 0 Å². The SMILES string of the molecule is COCC1(N(C)C(=O)c2cnn3c2CN(C(=O)c2cc4ccccc4[nH]2)[C@H](C)C3)CC1. The van der Waals surface area contributed by atoms with Gasteiger partial charge in [-0.3, -0.25) is 14.3 Å². The first kappa shape index (κ1) is 19.8. The number of carbonyl (C=O) groups excluding carboxylic acids is 2. The number of nitrogens with one attached hydrogen (secondary N) is 1. The Morgan fingerprint density at radius 3 is 2.81 bits per heavy atom. The number of nitrogens with zero attached hydrogens (tertiary/aromatic N) is 4. The van der Waals surface area contributed by atoms with Crippen molar-refractivity contribution in [1.29, 1.82) is 0 Å². The number of H-pyrrole nitrogens is 1. The Hall–Kier alpha value is -3.13. The van der Waals surface area contributed by atoms with Crippen LogP contribution in [0.3, 0.4) is 0 Å². The van der Waals surface area contributed by atoms with Crippen LogP contribution in [-0.4, -0.2) is 68.7 Å². The summed E-state index contributed by atoms with van der Waals surface area (Å²) in [7, 11) is 3.49. The fourth-order valence-electron chi connectivity index (χ4n) is 4.58. The molecule has 0 spiro atoms. The van der Waals surface area contributed by atoms with E-state index < -0.39 is 0 Å². The number of hydrogen-bond donors (Lipinski definition) is 1. The first-order valence-corrected chi connectivity index (χ1v) is 10.6. The highest BCUT2D eigenvalue weighted by molar-refractivity contribution is 5.99. The number of fused-ring (bicyclic) bond motifs is 2. The van der Waals surface area contributed by atoms with E-state index in [2.05, 4.69) is 10.1 Å². The number of aromatic nitrogens is 3. The lowest BCUT2D eigenvalue weighted by Crippen LogP contribution is -2.46. The minimum atomic E-state index is -0.220. The Morgan fingerprint density at radius 2 is 2.10 bits per heavy atom. The Balaban J connectivity index is 1.41. The standard InChI is InChI=1S/C23H27N5O3/c1-15-12-28-20(17(11-24-28)21(29)26(2)23(8-9-23)14-31-3)13-27(15)22(30)19-10-16-6-4-5-7-18(16)25-19/h4-7,10-11,15,25H,8-9,12-14H2,1-3H3/t15-/m1/s1. The van der Waals surface area contributed by atoms with Crippen LogP contribution in [0.5, 0.6) is 0 Å². The van der Waals surface area contributed by atoms with Gasteiger partial charge in [-0.2, -0.15) is 5.10 Å². The van der Waals surface area contributed by atoms with Crippen molar-refractivity contribution in [2.45, 2.75) is 44.4 Å². The maximum atomic E-state index is 13.3. The Morgan fingerprint density at radius 1 is 1.32 bits per heavy atom. The third-order valence-electron chi connectivity index (χ3n) is 6.75. The van der Waals surface area contributed by atoms with Gasteiger partial charge in [-0.1, -0.05) is 18.2 Å². The second-order valence-electron chi connectivity index (χ2n) is 8.76. The van der Waals surface area contributed by atoms with Crippen molar-refractivity contribution in [3.05, 3.63) is 53.5 Å². The second kappa shape index (κ2) is 7.23. The number of aromatic amines is 1. The fraction of sp³-hybridized carbons (Fsp3) is 0.435. The minimum Gasteiger partial charge on any atom is -0.382 e. The molecule has 2 aromatic heterocycles. The normalized spacial score (nSPS) is 19.3. The summed E-state index contributed by atoms with van der Waals surface area (Å²) in [6.07, 6.45) is 3.52. The van der Waals surface area contributed by atoms with Gasteiger partial charge in [0.1, 0.15) is 5.69 Å². The minimum absolute atomic E-state index is 0.0322. The van der Waals surface area contributed by atoms with Crippen molar-refractivity contribution in [2.24, 2.45) is 0 Å². The zero-order chi connectivity index (χ0) is 21.8. The maximum Gasteiger partial charge on any atom is 0.270 e. The van der Waals surface area contributed by atoms with E-state index in [0.29, 0.717) is 31.0 Å². The predicted octanol–water partition coefficient (Wildman–Crippen LogP) is 2.66. The molecular weight excluding hydrogens is 394 g/mol. The summed E-state index contributed by atoms with van der Waals surface area (Å²) in [4.78, 5) is 33.5. The lowest BCUT2D eigenvalue weighted by atomic mass is 10.1. The van der Waals surface area contributed by atoms with Crippen molar-refractivity contribution in [2.75, 3.05) is 20.8 Å². The van der Waals surface area contributed by atoms with Gasteiger partial charge in [0.25, 0.3) is 11.8 Å². The molecule has 1 aliphatic carbocycles. The third kappa shape index (κ3) is 3.22. The summed E-state index contributed by atoms with van der Waals surface area (Å²) in [6.45, 7) is 3.44. The third-order valence-corrected chi connectivity index (χ3v) is 6.75. The summed E-state index contributed by atoms with van der Waals surface area (Å²) in [5.41, 5.74) is 2.62. The van der Waals surface area contributed by atoms with Crippen LogP contribution in [0.1, 0.15) is 46.3 Å². The van der Waals surface area contributed by atoms with E-state index in [-0.39, 0.29) is 23.4 Å². The molecule has 8 heteroatoms. The molecule has 1 N–H and O–H groups in total. The molecule has 8 nitrogen and oxygen atoms in total. The van der Waals surface area contributed by atoms with Gasteiger partial charge in [0.05, 0.1) is 42.7 Å². The summed E-state index contributed by atoms with van der Waals surface area (Å²) in [6, 6.07) is 9.70. The van der Waals surface area contributed by atoms with E-state index in [4.69, 9.17) is 4.74 Å². The molecule has 0 unspecified atom stereocenters. The van der Waals surface area contributed by atoms with Crippen LogP contribution in [0, 0.1) is 0 Å². The largest absolute Gasteiger partial charge is 0.382 e. The van der Waals surface area contributed by atoms with Crippen LogP contribution in [0.25, 0.3) is 10.9 Å². The van der Waals surface area contributed by atoms with Crippen LogP contribution < -0.4 is 0 Å². The number of carbonyl (C=O) groups is 2. The topological polar surface area (TPSA) is 83.5 Å². The average Bonchev–Trinajstić information content (AvgIpc) is 3.24. The number of methoxy groups -OCH3 is 1. The van der Waals surface area contributed by atoms with E-state index in [0.717, 1.165) is 29.4 Å². The van der Waals surface area contributed by atoms with Crippen LogP contribution in [-0.2, 0) is 17.8 Å². The number of likely N-dealkylation sites (N-methyl/N-ethyl adjacent to an activating group) is 1. The quantitative estimate of drug-likeness (QED) is 0.687. The van der Waals surface area contributed by atoms with Crippen LogP contribution in [0.15, 0.2) is 36.5 Å². The van der Waals surface area contributed by atoms with Crippen molar-refractivity contribution >= 4 is 22.7 Å². The van der Waals surface area contributed by atoms with Gasteiger partial charge < -0.3 is 19.5 Å². The lowest BCUT2D eigenvalue weighted by Gasteiger charge is -2.34.